The van der Waals surface area contributed by atoms with Gasteiger partial charge in [0.25, 0.3) is 5.91 Å². The van der Waals surface area contributed by atoms with E-state index in [9.17, 15) is 14.7 Å². The van der Waals surface area contributed by atoms with Gasteiger partial charge in [0.05, 0.1) is 42.5 Å². The van der Waals surface area contributed by atoms with Crippen molar-refractivity contribution in [2.75, 3.05) is 37.9 Å². The SMILES string of the molecule is CNC(=O)c1nnc(NC(=O)C2CC2)cc1Nc1cccc(-c2cn(C3CN(Cc4cccc(C#N)n4)C3)nc2CO)c1OC. The van der Waals surface area contributed by atoms with Crippen LogP contribution in [-0.4, -0.2) is 74.0 Å². The number of carbonyl (C=O) groups is 2. The van der Waals surface area contributed by atoms with Crippen LogP contribution in [0.4, 0.5) is 17.2 Å². The number of hydrogen-bond donors (Lipinski definition) is 4. The molecule has 2 fully saturated rings. The van der Waals surface area contributed by atoms with Crippen LogP contribution in [0.3, 0.4) is 0 Å². The number of aliphatic hydroxyl groups is 1. The summed E-state index contributed by atoms with van der Waals surface area (Å²) >= 11 is 0. The highest BCUT2D eigenvalue weighted by Crippen LogP contribution is 2.40. The Balaban J connectivity index is 1.24. The summed E-state index contributed by atoms with van der Waals surface area (Å²) in [5.74, 6) is 0.0853. The van der Waals surface area contributed by atoms with Crippen LogP contribution < -0.4 is 20.7 Å². The lowest BCUT2D eigenvalue weighted by atomic mass is 10.0. The first-order valence-electron chi connectivity index (χ1n) is 14.5. The molecule has 45 heavy (non-hydrogen) atoms. The fraction of sp³-hybridized carbons (Fsp3) is 0.323. The quantitative estimate of drug-likeness (QED) is 0.196. The van der Waals surface area contributed by atoms with Gasteiger partial charge >= 0.3 is 0 Å². The summed E-state index contributed by atoms with van der Waals surface area (Å²) in [5.41, 5.74) is 4.02. The summed E-state index contributed by atoms with van der Waals surface area (Å²) in [6.45, 7) is 1.83. The van der Waals surface area contributed by atoms with Crippen molar-refractivity contribution in [3.05, 3.63) is 71.4 Å². The third-order valence-corrected chi connectivity index (χ3v) is 7.79. The highest BCUT2D eigenvalue weighted by Gasteiger charge is 2.31. The van der Waals surface area contributed by atoms with Crippen LogP contribution in [0.25, 0.3) is 11.1 Å². The number of para-hydroxylation sites is 1. The number of rotatable bonds is 11. The zero-order valence-corrected chi connectivity index (χ0v) is 24.8. The molecule has 1 aromatic carbocycles. The molecule has 14 heteroatoms. The molecule has 2 amide bonds. The van der Waals surface area contributed by atoms with E-state index >= 15 is 0 Å². The molecule has 2 aliphatic rings. The summed E-state index contributed by atoms with van der Waals surface area (Å²) in [7, 11) is 3.04. The van der Waals surface area contributed by atoms with Crippen molar-refractivity contribution in [2.24, 2.45) is 5.92 Å². The molecule has 230 valence electrons. The van der Waals surface area contributed by atoms with Gasteiger partial charge in [0.1, 0.15) is 17.5 Å². The van der Waals surface area contributed by atoms with Crippen LogP contribution in [0.2, 0.25) is 0 Å². The van der Waals surface area contributed by atoms with Gasteiger partial charge in [-0.1, -0.05) is 18.2 Å². The van der Waals surface area contributed by atoms with Crippen LogP contribution in [0.15, 0.2) is 48.7 Å². The van der Waals surface area contributed by atoms with Gasteiger partial charge in [-0.2, -0.15) is 10.4 Å². The number of pyridine rings is 1. The van der Waals surface area contributed by atoms with E-state index in [0.29, 0.717) is 46.2 Å². The molecule has 1 aliphatic heterocycles. The Kier molecular flexibility index (Phi) is 8.37. The largest absolute Gasteiger partial charge is 0.494 e. The Morgan fingerprint density at radius 2 is 1.91 bits per heavy atom. The van der Waals surface area contributed by atoms with Crippen molar-refractivity contribution in [3.8, 4) is 22.9 Å². The maximum Gasteiger partial charge on any atom is 0.273 e. The van der Waals surface area contributed by atoms with Gasteiger partial charge in [0, 0.05) is 56.0 Å². The first kappa shape index (κ1) is 29.7. The van der Waals surface area contributed by atoms with Crippen molar-refractivity contribution < 1.29 is 19.4 Å². The normalized spacial score (nSPS) is 14.7. The number of likely N-dealkylation sites (tertiary alicyclic amines) is 1. The van der Waals surface area contributed by atoms with E-state index in [0.717, 1.165) is 31.6 Å². The summed E-state index contributed by atoms with van der Waals surface area (Å²) in [6.07, 6.45) is 3.58. The molecule has 1 aliphatic carbocycles. The minimum absolute atomic E-state index is 0.0262. The Bertz CT molecular complexity index is 1790. The van der Waals surface area contributed by atoms with Crippen molar-refractivity contribution >= 4 is 29.0 Å². The van der Waals surface area contributed by atoms with Crippen molar-refractivity contribution in [2.45, 2.75) is 32.0 Å². The van der Waals surface area contributed by atoms with Gasteiger partial charge in [-0.05, 0) is 31.0 Å². The van der Waals surface area contributed by atoms with Crippen molar-refractivity contribution in [1.29, 1.82) is 5.26 Å². The number of nitrogens with zero attached hydrogens (tertiary/aromatic N) is 7. The average molecular weight is 609 g/mol. The van der Waals surface area contributed by atoms with Crippen LogP contribution >= 0.6 is 0 Å². The van der Waals surface area contributed by atoms with E-state index in [-0.39, 0.29) is 36.0 Å². The van der Waals surface area contributed by atoms with E-state index in [1.165, 1.54) is 14.2 Å². The van der Waals surface area contributed by atoms with Crippen molar-refractivity contribution in [3.63, 3.8) is 0 Å². The number of nitriles is 1. The van der Waals surface area contributed by atoms with Gasteiger partial charge < -0.3 is 25.8 Å². The maximum atomic E-state index is 12.6. The number of hydrogen-bond acceptors (Lipinski definition) is 11. The van der Waals surface area contributed by atoms with E-state index in [1.807, 2.05) is 35.1 Å². The highest BCUT2D eigenvalue weighted by molar-refractivity contribution is 6.00. The van der Waals surface area contributed by atoms with Crippen LogP contribution in [0, 0.1) is 17.2 Å². The number of anilines is 3. The highest BCUT2D eigenvalue weighted by atomic mass is 16.5. The molecule has 14 nitrogen and oxygen atoms in total. The zero-order chi connectivity index (χ0) is 31.5. The van der Waals surface area contributed by atoms with Gasteiger partial charge in [0.2, 0.25) is 5.91 Å². The molecular formula is C31H32N10O4. The van der Waals surface area contributed by atoms with E-state index < -0.39 is 5.91 Å². The summed E-state index contributed by atoms with van der Waals surface area (Å²) < 4.78 is 7.71. The number of aliphatic hydroxyl groups excluding tert-OH is 1. The Morgan fingerprint density at radius 3 is 2.62 bits per heavy atom. The lowest BCUT2D eigenvalue weighted by Crippen LogP contribution is -2.47. The summed E-state index contributed by atoms with van der Waals surface area (Å²) in [6, 6.07) is 14.6. The smallest absolute Gasteiger partial charge is 0.273 e. The first-order valence-corrected chi connectivity index (χ1v) is 14.5. The Hall–Kier alpha value is -5.39. The molecule has 0 spiro atoms. The molecule has 3 aromatic heterocycles. The zero-order valence-electron chi connectivity index (χ0n) is 24.8. The number of ether oxygens (including phenoxy) is 1. The number of amides is 2. The third kappa shape index (κ3) is 6.30. The standard InChI is InChI=1S/C31H32N10O4/c1-33-31(44)28-25(11-27(37-38-28)36-30(43)18-9-10-18)35-24-8-4-7-22(29(24)45-2)23-16-41(39-26(23)17-42)21-14-40(15-21)13-20-6-3-5-19(12-32)34-20/h3-8,11,16,18,21,42H,9-10,13-15,17H2,1-2H3,(H,33,44)(H2,35,36,37,43). The van der Waals surface area contributed by atoms with Crippen molar-refractivity contribution in [1.82, 2.24) is 35.2 Å². The molecule has 4 N–H and O–H groups in total. The fourth-order valence-electron chi connectivity index (χ4n) is 5.28. The number of aromatic nitrogens is 5. The van der Waals surface area contributed by atoms with Gasteiger partial charge in [-0.25, -0.2) is 4.98 Å². The predicted molar refractivity (Wildman–Crippen MR) is 163 cm³/mol. The Morgan fingerprint density at radius 1 is 1.11 bits per heavy atom. The Labute approximate surface area is 259 Å². The predicted octanol–water partition coefficient (Wildman–Crippen LogP) is 2.62. The maximum absolute atomic E-state index is 12.6. The second kappa shape index (κ2) is 12.7. The molecule has 0 unspecified atom stereocenters. The third-order valence-electron chi connectivity index (χ3n) is 7.79. The van der Waals surface area contributed by atoms with E-state index in [4.69, 9.17) is 10.00 Å². The van der Waals surface area contributed by atoms with Gasteiger partial charge in [-0.15, -0.1) is 10.2 Å². The van der Waals surface area contributed by atoms with E-state index in [2.05, 4.69) is 47.2 Å². The van der Waals surface area contributed by atoms with Crippen LogP contribution in [0.5, 0.6) is 5.75 Å². The molecule has 4 heterocycles. The molecule has 0 bridgehead atoms. The second-order valence-corrected chi connectivity index (χ2v) is 10.9. The van der Waals surface area contributed by atoms with Gasteiger partial charge in [0.15, 0.2) is 11.5 Å². The summed E-state index contributed by atoms with van der Waals surface area (Å²) in [5, 5.41) is 40.7. The van der Waals surface area contributed by atoms with Gasteiger partial charge in [-0.3, -0.25) is 19.2 Å². The number of nitrogens with one attached hydrogen (secondary N) is 3. The number of benzene rings is 1. The first-order chi connectivity index (χ1) is 21.9. The lowest BCUT2D eigenvalue weighted by Gasteiger charge is -2.39. The monoisotopic (exact) mass is 608 g/mol. The molecular weight excluding hydrogens is 576 g/mol. The fourth-order valence-corrected chi connectivity index (χ4v) is 5.28. The molecule has 1 saturated heterocycles. The van der Waals surface area contributed by atoms with Crippen LogP contribution in [-0.2, 0) is 17.9 Å². The topological polar surface area (TPSA) is 183 Å². The minimum Gasteiger partial charge on any atom is -0.494 e. The molecule has 1 saturated carbocycles. The molecule has 6 rings (SSSR count). The minimum atomic E-state index is -0.452. The molecule has 4 aromatic rings. The number of carbonyl (C=O) groups excluding carboxylic acids is 2. The van der Waals surface area contributed by atoms with E-state index in [1.54, 1.807) is 18.2 Å². The lowest BCUT2D eigenvalue weighted by molar-refractivity contribution is -0.117. The number of methoxy groups -OCH3 is 1. The summed E-state index contributed by atoms with van der Waals surface area (Å²) in [4.78, 5) is 31.5. The molecule has 0 radical (unpaired) electrons. The second-order valence-electron chi connectivity index (χ2n) is 10.9. The van der Waals surface area contributed by atoms with Crippen LogP contribution in [0.1, 0.15) is 46.5 Å². The average Bonchev–Trinajstić information content (AvgIpc) is 3.81. The molecule has 0 atom stereocenters.